The first-order valence-electron chi connectivity index (χ1n) is 9.18. The van der Waals surface area contributed by atoms with Crippen molar-refractivity contribution < 1.29 is 19.2 Å². The lowest BCUT2D eigenvalue weighted by Crippen LogP contribution is -2.54. The number of nitrogens with two attached hydrogens (primary N) is 1. The van der Waals surface area contributed by atoms with E-state index in [-0.39, 0.29) is 30.5 Å². The van der Waals surface area contributed by atoms with Crippen molar-refractivity contribution in [3.63, 3.8) is 0 Å². The number of imide groups is 2. The van der Waals surface area contributed by atoms with Crippen molar-refractivity contribution in [1.29, 1.82) is 0 Å². The highest BCUT2D eigenvalue weighted by Crippen LogP contribution is 2.30. The number of piperidine rings is 1. The number of aromatic nitrogens is 3. The first-order chi connectivity index (χ1) is 14.0. The zero-order valence-corrected chi connectivity index (χ0v) is 15.4. The molecule has 1 fully saturated rings. The summed E-state index contributed by atoms with van der Waals surface area (Å²) in [5, 5.41) is 12.0. The van der Waals surface area contributed by atoms with E-state index in [2.05, 4.69) is 25.8 Å². The summed E-state index contributed by atoms with van der Waals surface area (Å²) in [5.41, 5.74) is 6.55. The largest absolute Gasteiger partial charge is 0.349 e. The number of nitrogens with zero attached hydrogens (tertiary/aromatic N) is 3. The van der Waals surface area contributed by atoms with Gasteiger partial charge in [0.2, 0.25) is 17.8 Å². The molecule has 150 valence electrons. The second-order valence-corrected chi connectivity index (χ2v) is 6.78. The van der Waals surface area contributed by atoms with E-state index in [1.807, 2.05) is 0 Å². The van der Waals surface area contributed by atoms with Crippen LogP contribution in [0.25, 0.3) is 0 Å². The Morgan fingerprint density at radius 3 is 2.79 bits per heavy atom. The molecule has 1 unspecified atom stereocenters. The molecule has 0 aliphatic carbocycles. The minimum Gasteiger partial charge on any atom is -0.349 e. The molecule has 2 aliphatic heterocycles. The fourth-order valence-corrected chi connectivity index (χ4v) is 3.53. The van der Waals surface area contributed by atoms with E-state index < -0.39 is 29.7 Å². The molecular formula is C18H19N7O4. The summed E-state index contributed by atoms with van der Waals surface area (Å²) in [6.07, 6.45) is 0.752. The minimum atomic E-state index is -0.993. The number of hydrogen-bond donors (Lipinski definition) is 4. The maximum Gasteiger partial charge on any atom is 0.262 e. The monoisotopic (exact) mass is 397 g/mol. The van der Waals surface area contributed by atoms with Crippen LogP contribution in [0, 0.1) is 0 Å². The lowest BCUT2D eigenvalue weighted by atomic mass is 10.0. The number of nitrogens with one attached hydrogen (secondary N) is 3. The van der Waals surface area contributed by atoms with E-state index in [0.29, 0.717) is 30.3 Å². The van der Waals surface area contributed by atoms with E-state index in [1.165, 1.54) is 0 Å². The van der Waals surface area contributed by atoms with Gasteiger partial charge in [0.25, 0.3) is 11.8 Å². The number of benzene rings is 1. The quantitative estimate of drug-likeness (QED) is 0.466. The molecule has 4 rings (SSSR count). The fourth-order valence-electron chi connectivity index (χ4n) is 3.53. The molecule has 11 heteroatoms. The van der Waals surface area contributed by atoms with Gasteiger partial charge in [0.05, 0.1) is 11.1 Å². The van der Waals surface area contributed by atoms with Gasteiger partial charge < -0.3 is 11.1 Å². The Morgan fingerprint density at radius 2 is 2.03 bits per heavy atom. The predicted octanol–water partition coefficient (Wildman–Crippen LogP) is -0.681. The second kappa shape index (κ2) is 7.43. The summed E-state index contributed by atoms with van der Waals surface area (Å²) in [6, 6.07) is 3.95. The van der Waals surface area contributed by atoms with Crippen LogP contribution in [-0.4, -0.2) is 56.3 Å². The van der Waals surface area contributed by atoms with Crippen LogP contribution in [0.15, 0.2) is 18.2 Å². The van der Waals surface area contributed by atoms with Crippen LogP contribution in [0.4, 0.5) is 5.95 Å². The van der Waals surface area contributed by atoms with Crippen molar-refractivity contribution in [2.45, 2.75) is 31.8 Å². The lowest BCUT2D eigenvalue weighted by molar-refractivity contribution is -0.136. The number of fused-ring (bicyclic) bond motifs is 1. The molecular weight excluding hydrogens is 378 g/mol. The molecule has 0 bridgehead atoms. The standard InChI is InChI=1S/C18H19N7O4/c19-7-6-12-21-18(24-23-12)20-8-9-2-1-3-10-14(9)17(29)25(16(10)28)11-4-5-13(26)22-15(11)27/h1-3,11H,4-8,19H2,(H,22,26,27)(H2,20,21,23,24). The first kappa shape index (κ1) is 18.7. The molecule has 2 aromatic rings. The van der Waals surface area contributed by atoms with Crippen molar-refractivity contribution in [2.75, 3.05) is 11.9 Å². The molecule has 0 saturated carbocycles. The third-order valence-electron chi connectivity index (χ3n) is 4.90. The topological polar surface area (TPSA) is 163 Å². The average molecular weight is 397 g/mol. The highest BCUT2D eigenvalue weighted by atomic mass is 16.2. The second-order valence-electron chi connectivity index (χ2n) is 6.78. The van der Waals surface area contributed by atoms with Crippen molar-refractivity contribution in [1.82, 2.24) is 25.4 Å². The molecule has 2 aliphatic rings. The number of rotatable bonds is 6. The van der Waals surface area contributed by atoms with Gasteiger partial charge in [0.1, 0.15) is 11.9 Å². The minimum absolute atomic E-state index is 0.0776. The maximum absolute atomic E-state index is 13.0. The lowest BCUT2D eigenvalue weighted by Gasteiger charge is -2.27. The molecule has 1 saturated heterocycles. The molecule has 3 heterocycles. The highest BCUT2D eigenvalue weighted by Gasteiger charge is 2.45. The van der Waals surface area contributed by atoms with E-state index in [1.54, 1.807) is 18.2 Å². The number of amides is 4. The zero-order chi connectivity index (χ0) is 20.5. The molecule has 1 aromatic carbocycles. The van der Waals surface area contributed by atoms with E-state index in [9.17, 15) is 19.2 Å². The molecule has 1 atom stereocenters. The zero-order valence-electron chi connectivity index (χ0n) is 15.4. The van der Waals surface area contributed by atoms with Crippen LogP contribution in [0.3, 0.4) is 0 Å². The van der Waals surface area contributed by atoms with Crippen molar-refractivity contribution in [3.05, 3.63) is 40.7 Å². The van der Waals surface area contributed by atoms with Crippen LogP contribution in [-0.2, 0) is 22.6 Å². The Kier molecular flexibility index (Phi) is 4.80. The Bertz CT molecular complexity index is 1020. The Morgan fingerprint density at radius 1 is 1.21 bits per heavy atom. The summed E-state index contributed by atoms with van der Waals surface area (Å²) < 4.78 is 0. The molecule has 4 amide bonds. The first-order valence-corrected chi connectivity index (χ1v) is 9.18. The van der Waals surface area contributed by atoms with E-state index >= 15 is 0 Å². The molecule has 1 aromatic heterocycles. The number of carbonyl (C=O) groups excluding carboxylic acids is 4. The Balaban J connectivity index is 1.56. The number of aromatic amines is 1. The van der Waals surface area contributed by atoms with Gasteiger partial charge in [0.15, 0.2) is 0 Å². The van der Waals surface area contributed by atoms with Crippen LogP contribution < -0.4 is 16.4 Å². The van der Waals surface area contributed by atoms with Gasteiger partial charge in [-0.2, -0.15) is 4.98 Å². The summed E-state index contributed by atoms with van der Waals surface area (Å²) in [5.74, 6) is -1.13. The van der Waals surface area contributed by atoms with Gasteiger partial charge >= 0.3 is 0 Å². The summed E-state index contributed by atoms with van der Waals surface area (Å²) in [6.45, 7) is 0.652. The summed E-state index contributed by atoms with van der Waals surface area (Å²) in [7, 11) is 0. The smallest absolute Gasteiger partial charge is 0.262 e. The van der Waals surface area contributed by atoms with Gasteiger partial charge in [0, 0.05) is 19.4 Å². The average Bonchev–Trinajstić information content (AvgIpc) is 3.24. The van der Waals surface area contributed by atoms with Crippen LogP contribution in [0.5, 0.6) is 0 Å². The third kappa shape index (κ3) is 3.36. The molecule has 0 spiro atoms. The van der Waals surface area contributed by atoms with Gasteiger partial charge in [-0.25, -0.2) is 0 Å². The number of hydrogen-bond acceptors (Lipinski definition) is 8. The number of H-pyrrole nitrogens is 1. The SMILES string of the molecule is NCCc1nc(NCc2cccc3c2C(=O)N(C2CCC(=O)NC2=O)C3=O)n[nH]1. The normalized spacial score (nSPS) is 18.8. The molecule has 11 nitrogen and oxygen atoms in total. The molecule has 0 radical (unpaired) electrons. The molecule has 5 N–H and O–H groups in total. The highest BCUT2D eigenvalue weighted by molar-refractivity contribution is 6.24. The van der Waals surface area contributed by atoms with Gasteiger partial charge in [-0.15, -0.1) is 5.10 Å². The molecule has 29 heavy (non-hydrogen) atoms. The van der Waals surface area contributed by atoms with Gasteiger partial charge in [-0.1, -0.05) is 12.1 Å². The van der Waals surface area contributed by atoms with E-state index in [4.69, 9.17) is 5.73 Å². The van der Waals surface area contributed by atoms with Crippen molar-refractivity contribution in [3.8, 4) is 0 Å². The maximum atomic E-state index is 13.0. The van der Waals surface area contributed by atoms with Crippen LogP contribution in [0.2, 0.25) is 0 Å². The summed E-state index contributed by atoms with van der Waals surface area (Å²) in [4.78, 5) is 54.6. The van der Waals surface area contributed by atoms with Crippen LogP contribution in [0.1, 0.15) is 44.9 Å². The predicted molar refractivity (Wildman–Crippen MR) is 99.6 cm³/mol. The third-order valence-corrected chi connectivity index (χ3v) is 4.90. The Labute approximate surface area is 165 Å². The van der Waals surface area contributed by atoms with Gasteiger partial charge in [-0.05, 0) is 24.6 Å². The van der Waals surface area contributed by atoms with Crippen LogP contribution >= 0.6 is 0 Å². The van der Waals surface area contributed by atoms with E-state index in [0.717, 1.165) is 4.90 Å². The van der Waals surface area contributed by atoms with Crippen molar-refractivity contribution >= 4 is 29.6 Å². The van der Waals surface area contributed by atoms with Gasteiger partial charge in [-0.3, -0.25) is 34.5 Å². The fraction of sp³-hybridized carbons (Fsp3) is 0.333. The summed E-state index contributed by atoms with van der Waals surface area (Å²) >= 11 is 0. The Hall–Kier alpha value is -3.60. The van der Waals surface area contributed by atoms with Crippen molar-refractivity contribution in [2.24, 2.45) is 5.73 Å². The number of anilines is 1. The number of carbonyl (C=O) groups is 4.